The molecule has 0 saturated heterocycles. The normalized spacial score (nSPS) is 13.8. The Balaban J connectivity index is 4.70. The number of ether oxygens (including phenoxy) is 3. The molecule has 0 aromatic rings. The smallest absolute Gasteiger partial charge is 0.462 e. The number of hydrogen-bond donors (Lipinski definition) is 2. The molecule has 0 aliphatic carbocycles. The van der Waals surface area contributed by atoms with Crippen molar-refractivity contribution in [1.82, 2.24) is 0 Å². The van der Waals surface area contributed by atoms with E-state index in [9.17, 15) is 28.9 Å². The van der Waals surface area contributed by atoms with Crippen LogP contribution in [0.5, 0.6) is 0 Å². The molecule has 0 heterocycles. The van der Waals surface area contributed by atoms with Crippen molar-refractivity contribution in [3.8, 4) is 0 Å². The summed E-state index contributed by atoms with van der Waals surface area (Å²) in [7, 11) is -4.75. The van der Waals surface area contributed by atoms with Crippen LogP contribution < -0.4 is 0 Å². The van der Waals surface area contributed by atoms with Crippen LogP contribution in [0.2, 0.25) is 0 Å². The van der Waals surface area contributed by atoms with Gasteiger partial charge >= 0.3 is 25.7 Å². The molecule has 72 heavy (non-hydrogen) atoms. The molecule has 0 spiro atoms. The largest absolute Gasteiger partial charge is 0.472 e. The molecule has 0 amide bonds. The molecule has 3 unspecified atom stereocenters. The maximum absolute atomic E-state index is 12.9. The van der Waals surface area contributed by atoms with Gasteiger partial charge in [-0.3, -0.25) is 23.4 Å². The Hall–Kier alpha value is -2.82. The van der Waals surface area contributed by atoms with E-state index in [0.717, 1.165) is 116 Å². The van der Waals surface area contributed by atoms with Gasteiger partial charge in [0.25, 0.3) is 0 Å². The molecular weight excluding hydrogens is 928 g/mol. The number of phosphoric ester groups is 1. The van der Waals surface area contributed by atoms with E-state index < -0.39 is 57.8 Å². The van der Waals surface area contributed by atoms with Gasteiger partial charge in [0, 0.05) is 19.3 Å². The van der Waals surface area contributed by atoms with Crippen molar-refractivity contribution in [2.24, 2.45) is 0 Å². The SMILES string of the molecule is CCC/C=C\C/C=C\CCCCCCCC(=O)OC(CO)COP(=O)(O)OCC(COC(=O)CCCCCCCCCCC/C=C\CCCCCCCC)OC(=O)CCCCCCC/C=C\C/C=C\CCC. The zero-order chi connectivity index (χ0) is 52.7. The lowest BCUT2D eigenvalue weighted by atomic mass is 10.1. The minimum absolute atomic E-state index is 0.150. The summed E-state index contributed by atoms with van der Waals surface area (Å²) in [4.78, 5) is 48.5. The quantitative estimate of drug-likeness (QED) is 0.0197. The Morgan fingerprint density at radius 3 is 1.10 bits per heavy atom. The van der Waals surface area contributed by atoms with E-state index in [1.165, 1.54) is 89.9 Å². The summed E-state index contributed by atoms with van der Waals surface area (Å²) in [5.74, 6) is -1.49. The number of aliphatic hydroxyl groups excluding tert-OH is 1. The van der Waals surface area contributed by atoms with E-state index in [1.54, 1.807) is 0 Å². The standard InChI is InChI=1S/C60H107O11P/c1-4-7-10-13-16-19-22-25-26-27-28-29-30-33-34-37-40-43-46-49-58(62)67-53-57(71-60(64)51-48-45-42-39-36-32-24-21-18-15-12-9-6-3)55-69-72(65,66)68-54-56(52-61)70-59(63)50-47-44-41-38-35-31-23-20-17-14-11-8-5-2/h11-12,14-15,20-21,23-26,56-57,61H,4-10,13,16-19,22,27-55H2,1-3H3,(H,65,66)/b14-11-,15-12-,23-20-,24-21-,26-25-. The molecule has 11 nitrogen and oxygen atoms in total. The number of allylic oxidation sites excluding steroid dienone is 10. The number of rotatable bonds is 54. The van der Waals surface area contributed by atoms with Crippen LogP contribution in [0.3, 0.4) is 0 Å². The summed E-state index contributed by atoms with van der Waals surface area (Å²) in [5.41, 5.74) is 0. The molecule has 0 aromatic heterocycles. The molecule has 0 radical (unpaired) electrons. The highest BCUT2D eigenvalue weighted by Gasteiger charge is 2.28. The van der Waals surface area contributed by atoms with Gasteiger partial charge in [-0.2, -0.15) is 0 Å². The van der Waals surface area contributed by atoms with E-state index >= 15 is 0 Å². The monoisotopic (exact) mass is 1030 g/mol. The van der Waals surface area contributed by atoms with Gasteiger partial charge in [0.05, 0.1) is 19.8 Å². The van der Waals surface area contributed by atoms with Crippen molar-refractivity contribution in [3.63, 3.8) is 0 Å². The number of carbonyl (C=O) groups is 3. The second kappa shape index (κ2) is 54.4. The van der Waals surface area contributed by atoms with Crippen LogP contribution in [0.15, 0.2) is 60.8 Å². The minimum Gasteiger partial charge on any atom is -0.462 e. The van der Waals surface area contributed by atoms with Crippen LogP contribution in [0, 0.1) is 0 Å². The minimum atomic E-state index is -4.75. The van der Waals surface area contributed by atoms with Crippen molar-refractivity contribution in [2.45, 2.75) is 277 Å². The number of hydrogen-bond acceptors (Lipinski definition) is 10. The zero-order valence-corrected chi connectivity index (χ0v) is 47.0. The highest BCUT2D eigenvalue weighted by Crippen LogP contribution is 2.43. The molecule has 0 aliphatic heterocycles. The Bertz CT molecular complexity index is 1440. The van der Waals surface area contributed by atoms with Gasteiger partial charge in [0.2, 0.25) is 0 Å². The predicted octanol–water partition coefficient (Wildman–Crippen LogP) is 17.1. The van der Waals surface area contributed by atoms with Gasteiger partial charge in [0.1, 0.15) is 12.7 Å². The topological polar surface area (TPSA) is 155 Å². The van der Waals surface area contributed by atoms with Crippen molar-refractivity contribution >= 4 is 25.7 Å². The van der Waals surface area contributed by atoms with Crippen molar-refractivity contribution < 1.29 is 52.2 Å². The average Bonchev–Trinajstić information content (AvgIpc) is 3.37. The van der Waals surface area contributed by atoms with Crippen LogP contribution in [-0.2, 0) is 42.2 Å². The van der Waals surface area contributed by atoms with E-state index in [1.807, 2.05) is 0 Å². The zero-order valence-electron chi connectivity index (χ0n) is 46.1. The molecule has 2 N–H and O–H groups in total. The Labute approximate surface area is 440 Å². The van der Waals surface area contributed by atoms with Gasteiger partial charge in [-0.05, 0) is 96.3 Å². The summed E-state index contributed by atoms with van der Waals surface area (Å²) in [5, 5.41) is 9.80. The van der Waals surface area contributed by atoms with E-state index in [2.05, 4.69) is 81.5 Å². The molecule has 3 atom stereocenters. The number of aliphatic hydroxyl groups is 1. The Kier molecular flexibility index (Phi) is 52.3. The second-order valence-corrected chi connectivity index (χ2v) is 20.9. The lowest BCUT2D eigenvalue weighted by molar-refractivity contribution is -0.161. The molecule has 418 valence electrons. The molecule has 0 fully saturated rings. The fourth-order valence-corrected chi connectivity index (χ4v) is 8.68. The molecule has 0 aliphatic rings. The molecule has 0 bridgehead atoms. The predicted molar refractivity (Wildman–Crippen MR) is 298 cm³/mol. The number of phosphoric acid groups is 1. The first-order valence-corrected chi connectivity index (χ1v) is 30.7. The van der Waals surface area contributed by atoms with Gasteiger partial charge < -0.3 is 24.2 Å². The summed E-state index contributed by atoms with van der Waals surface area (Å²) < 4.78 is 39.5. The lowest BCUT2D eigenvalue weighted by Gasteiger charge is -2.21. The fourth-order valence-electron chi connectivity index (χ4n) is 7.90. The van der Waals surface area contributed by atoms with Crippen LogP contribution >= 0.6 is 7.82 Å². The maximum atomic E-state index is 12.9. The summed E-state index contributed by atoms with van der Waals surface area (Å²) in [6.45, 7) is 4.49. The van der Waals surface area contributed by atoms with Crippen LogP contribution in [-0.4, -0.2) is 66.5 Å². The number of unbranched alkanes of at least 4 members (excludes halogenated alkanes) is 27. The van der Waals surface area contributed by atoms with Crippen molar-refractivity contribution in [1.29, 1.82) is 0 Å². The molecule has 0 saturated carbocycles. The third-order valence-electron chi connectivity index (χ3n) is 12.3. The molecular formula is C60H107O11P. The highest BCUT2D eigenvalue weighted by atomic mass is 31.2. The summed E-state index contributed by atoms with van der Waals surface area (Å²) in [6, 6.07) is 0. The molecule has 0 aromatic carbocycles. The third kappa shape index (κ3) is 52.1. The van der Waals surface area contributed by atoms with E-state index in [0.29, 0.717) is 19.3 Å². The molecule has 0 rings (SSSR count). The van der Waals surface area contributed by atoms with Crippen LogP contribution in [0.1, 0.15) is 265 Å². The summed E-state index contributed by atoms with van der Waals surface area (Å²) >= 11 is 0. The lowest BCUT2D eigenvalue weighted by Crippen LogP contribution is -2.30. The fraction of sp³-hybridized carbons (Fsp3) is 0.783. The molecule has 12 heteroatoms. The number of esters is 3. The van der Waals surface area contributed by atoms with Crippen molar-refractivity contribution in [2.75, 3.05) is 26.4 Å². The van der Waals surface area contributed by atoms with Gasteiger partial charge in [-0.25, -0.2) is 4.57 Å². The van der Waals surface area contributed by atoms with Gasteiger partial charge in [-0.15, -0.1) is 0 Å². The van der Waals surface area contributed by atoms with E-state index in [-0.39, 0.29) is 25.9 Å². The third-order valence-corrected chi connectivity index (χ3v) is 13.3. The highest BCUT2D eigenvalue weighted by molar-refractivity contribution is 7.47. The van der Waals surface area contributed by atoms with E-state index in [4.69, 9.17) is 23.3 Å². The van der Waals surface area contributed by atoms with Crippen LogP contribution in [0.4, 0.5) is 0 Å². The second-order valence-electron chi connectivity index (χ2n) is 19.4. The van der Waals surface area contributed by atoms with Gasteiger partial charge in [0.15, 0.2) is 6.10 Å². The Morgan fingerprint density at radius 1 is 0.389 bits per heavy atom. The Morgan fingerprint density at radius 2 is 0.708 bits per heavy atom. The van der Waals surface area contributed by atoms with Gasteiger partial charge in [-0.1, -0.05) is 210 Å². The summed E-state index contributed by atoms with van der Waals surface area (Å²) in [6.07, 6.45) is 58.9. The first-order chi connectivity index (χ1) is 35.2. The average molecular weight is 1040 g/mol. The first-order valence-electron chi connectivity index (χ1n) is 29.2. The van der Waals surface area contributed by atoms with Crippen LogP contribution in [0.25, 0.3) is 0 Å². The van der Waals surface area contributed by atoms with Crippen molar-refractivity contribution in [3.05, 3.63) is 60.8 Å². The maximum Gasteiger partial charge on any atom is 0.472 e. The first kappa shape index (κ1) is 69.2. The number of carbonyl (C=O) groups excluding carboxylic acids is 3.